The van der Waals surface area contributed by atoms with Gasteiger partial charge in [0.2, 0.25) is 0 Å². The van der Waals surface area contributed by atoms with Crippen molar-refractivity contribution in [1.29, 1.82) is 0 Å². The van der Waals surface area contributed by atoms with E-state index in [0.29, 0.717) is 27.1 Å². The molecule has 1 heterocycles. The number of halogens is 2. The fraction of sp³-hybridized carbons (Fsp3) is 0.269. The first-order valence-corrected chi connectivity index (χ1v) is 11.6. The number of nitrogens with zero attached hydrogens (tertiary/aromatic N) is 2. The van der Waals surface area contributed by atoms with E-state index in [1.54, 1.807) is 19.1 Å². The number of aromatic nitrogens is 2. The first kappa shape index (κ1) is 22.5. The Labute approximate surface area is 198 Å². The summed E-state index contributed by atoms with van der Waals surface area (Å²) in [6.45, 7) is 2.05. The van der Waals surface area contributed by atoms with Gasteiger partial charge in [-0.05, 0) is 62.9 Å². The average Bonchev–Trinajstić information content (AvgIpc) is 2.81. The van der Waals surface area contributed by atoms with Crippen molar-refractivity contribution >= 4 is 35.2 Å². The Balaban J connectivity index is 1.94. The topological polar surface area (TPSA) is 52.1 Å². The van der Waals surface area contributed by atoms with Gasteiger partial charge in [-0.15, -0.1) is 0 Å². The van der Waals surface area contributed by atoms with Gasteiger partial charge >= 0.3 is 5.97 Å². The Kier molecular flexibility index (Phi) is 7.23. The van der Waals surface area contributed by atoms with Crippen molar-refractivity contribution in [3.8, 4) is 22.5 Å². The molecule has 0 radical (unpaired) electrons. The molecule has 0 N–H and O–H groups in total. The highest BCUT2D eigenvalue weighted by molar-refractivity contribution is 6.31. The number of hydrogen-bond acceptors (Lipinski definition) is 4. The van der Waals surface area contributed by atoms with Crippen molar-refractivity contribution in [1.82, 2.24) is 9.97 Å². The van der Waals surface area contributed by atoms with Gasteiger partial charge in [0, 0.05) is 21.2 Å². The van der Waals surface area contributed by atoms with Crippen LogP contribution in [-0.2, 0) is 4.74 Å². The molecular formula is C26H24Cl2N2O2. The second kappa shape index (κ2) is 10.3. The van der Waals surface area contributed by atoms with Crippen LogP contribution in [-0.4, -0.2) is 22.5 Å². The lowest BCUT2D eigenvalue weighted by atomic mass is 9.94. The Morgan fingerprint density at radius 1 is 0.875 bits per heavy atom. The first-order chi connectivity index (χ1) is 15.5. The Hall–Kier alpha value is -2.69. The molecule has 0 spiro atoms. The molecule has 1 aliphatic rings. The Morgan fingerprint density at radius 2 is 1.41 bits per heavy atom. The number of allylic oxidation sites excluding steroid dienone is 1. The normalized spacial score (nSPS) is 13.7. The molecule has 164 valence electrons. The minimum absolute atomic E-state index is 0.229. The highest BCUT2D eigenvalue weighted by Gasteiger charge is 2.22. The third-order valence-electron chi connectivity index (χ3n) is 5.46. The third-order valence-corrected chi connectivity index (χ3v) is 5.97. The van der Waals surface area contributed by atoms with E-state index in [1.165, 1.54) is 12.0 Å². The van der Waals surface area contributed by atoms with E-state index >= 15 is 0 Å². The predicted molar refractivity (Wildman–Crippen MR) is 130 cm³/mol. The summed E-state index contributed by atoms with van der Waals surface area (Å²) in [6, 6.07) is 14.8. The summed E-state index contributed by atoms with van der Waals surface area (Å²) in [5.74, 6) is -0.472. The van der Waals surface area contributed by atoms with Crippen molar-refractivity contribution in [2.24, 2.45) is 0 Å². The quantitative estimate of drug-likeness (QED) is 0.362. The van der Waals surface area contributed by atoms with Crippen LogP contribution >= 0.6 is 23.2 Å². The average molecular weight is 467 g/mol. The van der Waals surface area contributed by atoms with Crippen molar-refractivity contribution in [2.45, 2.75) is 39.0 Å². The number of benzene rings is 2. The molecule has 4 rings (SSSR count). The molecule has 0 amide bonds. The largest absolute Gasteiger partial charge is 0.461 e. The molecule has 3 aromatic rings. The fourth-order valence-electron chi connectivity index (χ4n) is 3.86. The maximum atomic E-state index is 12.8. The molecule has 0 saturated heterocycles. The van der Waals surface area contributed by atoms with Crippen LogP contribution in [0.2, 0.25) is 10.0 Å². The van der Waals surface area contributed by atoms with Crippen LogP contribution in [0.1, 0.15) is 55.2 Å². The number of carbonyl (C=O) groups is 1. The summed E-state index contributed by atoms with van der Waals surface area (Å²) in [6.07, 6.45) is 7.59. The zero-order valence-corrected chi connectivity index (χ0v) is 19.4. The van der Waals surface area contributed by atoms with Gasteiger partial charge in [0.15, 0.2) is 5.69 Å². The van der Waals surface area contributed by atoms with Crippen LogP contribution in [0.3, 0.4) is 0 Å². The van der Waals surface area contributed by atoms with Crippen molar-refractivity contribution in [3.05, 3.63) is 75.5 Å². The first-order valence-electron chi connectivity index (χ1n) is 10.9. The lowest BCUT2D eigenvalue weighted by Gasteiger charge is -2.16. The second-order valence-electron chi connectivity index (χ2n) is 7.75. The van der Waals surface area contributed by atoms with Gasteiger partial charge in [0.25, 0.3) is 0 Å². The van der Waals surface area contributed by atoms with Gasteiger partial charge in [-0.1, -0.05) is 59.5 Å². The summed E-state index contributed by atoms with van der Waals surface area (Å²) in [5.41, 5.74) is 5.02. The molecule has 0 bridgehead atoms. The maximum Gasteiger partial charge on any atom is 0.359 e. The van der Waals surface area contributed by atoms with Crippen LogP contribution in [0, 0.1) is 0 Å². The van der Waals surface area contributed by atoms with Crippen LogP contribution in [0.25, 0.3) is 28.6 Å². The van der Waals surface area contributed by atoms with E-state index in [-0.39, 0.29) is 12.3 Å². The zero-order valence-electron chi connectivity index (χ0n) is 17.9. The molecule has 0 unspecified atom stereocenters. The van der Waals surface area contributed by atoms with Gasteiger partial charge in [-0.25, -0.2) is 14.8 Å². The summed E-state index contributed by atoms with van der Waals surface area (Å²) < 4.78 is 5.32. The lowest BCUT2D eigenvalue weighted by molar-refractivity contribution is 0.0519. The minimum atomic E-state index is -0.472. The molecule has 1 saturated carbocycles. The maximum absolute atomic E-state index is 12.8. The number of esters is 1. The molecule has 1 aliphatic carbocycles. The summed E-state index contributed by atoms with van der Waals surface area (Å²) in [5, 5.41) is 1.27. The van der Waals surface area contributed by atoms with E-state index in [0.717, 1.165) is 36.8 Å². The molecule has 4 nitrogen and oxygen atoms in total. The van der Waals surface area contributed by atoms with E-state index in [4.69, 9.17) is 37.9 Å². The summed E-state index contributed by atoms with van der Waals surface area (Å²) >= 11 is 12.2. The van der Waals surface area contributed by atoms with Crippen molar-refractivity contribution < 1.29 is 9.53 Å². The van der Waals surface area contributed by atoms with Gasteiger partial charge in [-0.3, -0.25) is 0 Å². The van der Waals surface area contributed by atoms with Gasteiger partial charge in [-0.2, -0.15) is 0 Å². The van der Waals surface area contributed by atoms with Crippen molar-refractivity contribution in [2.75, 3.05) is 6.61 Å². The standard InChI is InChI=1S/C26H24Cl2N2O2/c1-2-32-26(31)25-22(16-17-6-4-3-5-7-17)29-23(18-8-12-20(27)13-9-18)24(30-25)19-10-14-21(28)15-11-19/h8-16H,2-7H2,1H3. The minimum Gasteiger partial charge on any atom is -0.461 e. The van der Waals surface area contributed by atoms with E-state index in [9.17, 15) is 4.79 Å². The fourth-order valence-corrected chi connectivity index (χ4v) is 4.11. The van der Waals surface area contributed by atoms with Crippen LogP contribution < -0.4 is 0 Å². The molecular weight excluding hydrogens is 443 g/mol. The number of ether oxygens (including phenoxy) is 1. The molecule has 2 aromatic carbocycles. The SMILES string of the molecule is CCOC(=O)c1nc(-c2ccc(Cl)cc2)c(-c2ccc(Cl)cc2)nc1C=C1CCCCC1. The zero-order chi connectivity index (χ0) is 22.5. The van der Waals surface area contributed by atoms with Crippen LogP contribution in [0.4, 0.5) is 0 Å². The smallest absolute Gasteiger partial charge is 0.359 e. The molecule has 0 aliphatic heterocycles. The molecule has 0 atom stereocenters. The Morgan fingerprint density at radius 3 is 1.94 bits per heavy atom. The van der Waals surface area contributed by atoms with E-state index in [2.05, 4.69) is 0 Å². The highest BCUT2D eigenvalue weighted by Crippen LogP contribution is 2.33. The van der Waals surface area contributed by atoms with Gasteiger partial charge in [0.1, 0.15) is 0 Å². The van der Waals surface area contributed by atoms with Gasteiger partial charge in [0.05, 0.1) is 23.7 Å². The molecule has 32 heavy (non-hydrogen) atoms. The summed E-state index contributed by atoms with van der Waals surface area (Å²) in [4.78, 5) is 22.6. The van der Waals surface area contributed by atoms with Crippen LogP contribution in [0.5, 0.6) is 0 Å². The molecule has 1 aromatic heterocycles. The predicted octanol–water partition coefficient (Wildman–Crippen LogP) is 7.64. The second-order valence-corrected chi connectivity index (χ2v) is 8.63. The highest BCUT2D eigenvalue weighted by atomic mass is 35.5. The van der Waals surface area contributed by atoms with E-state index < -0.39 is 5.97 Å². The molecule has 6 heteroatoms. The summed E-state index contributed by atoms with van der Waals surface area (Å²) in [7, 11) is 0. The number of hydrogen-bond donors (Lipinski definition) is 0. The third kappa shape index (κ3) is 5.20. The lowest BCUT2D eigenvalue weighted by Crippen LogP contribution is -2.13. The van der Waals surface area contributed by atoms with Gasteiger partial charge < -0.3 is 4.74 Å². The number of rotatable bonds is 5. The van der Waals surface area contributed by atoms with Crippen molar-refractivity contribution in [3.63, 3.8) is 0 Å². The molecule has 1 fully saturated rings. The Bertz CT molecular complexity index is 1130. The van der Waals surface area contributed by atoms with Crippen LogP contribution in [0.15, 0.2) is 54.1 Å². The van der Waals surface area contributed by atoms with E-state index in [1.807, 2.05) is 42.5 Å². The number of carbonyl (C=O) groups excluding carboxylic acids is 1. The monoisotopic (exact) mass is 466 g/mol.